The van der Waals surface area contributed by atoms with Crippen molar-refractivity contribution in [1.29, 1.82) is 0 Å². The quantitative estimate of drug-likeness (QED) is 0.495. The van der Waals surface area contributed by atoms with Gasteiger partial charge in [-0.05, 0) is 36.0 Å². The summed E-state index contributed by atoms with van der Waals surface area (Å²) in [5.41, 5.74) is 0.192. The van der Waals surface area contributed by atoms with E-state index in [9.17, 15) is 22.8 Å². The molecule has 6 nitrogen and oxygen atoms in total. The van der Waals surface area contributed by atoms with Gasteiger partial charge < -0.3 is 15.0 Å². The minimum atomic E-state index is -4.52. The molecule has 1 unspecified atom stereocenters. The van der Waals surface area contributed by atoms with Gasteiger partial charge in [0.05, 0.1) is 30.4 Å². The van der Waals surface area contributed by atoms with Gasteiger partial charge in [-0.2, -0.15) is 13.2 Å². The summed E-state index contributed by atoms with van der Waals surface area (Å²) in [4.78, 5) is 30.3. The summed E-state index contributed by atoms with van der Waals surface area (Å²) in [6.45, 7) is 1.98. The number of hydrogen-bond acceptors (Lipinski definition) is 5. The van der Waals surface area contributed by atoms with Gasteiger partial charge in [-0.15, -0.1) is 0 Å². The number of anilines is 1. The van der Waals surface area contributed by atoms with Gasteiger partial charge in [0, 0.05) is 25.6 Å². The largest absolute Gasteiger partial charge is 0.437 e. The first-order valence-electron chi connectivity index (χ1n) is 11.1. The Kier molecular flexibility index (Phi) is 6.32. The van der Waals surface area contributed by atoms with Crippen molar-refractivity contribution in [1.82, 2.24) is 10.3 Å². The zero-order valence-corrected chi connectivity index (χ0v) is 18.3. The van der Waals surface area contributed by atoms with Crippen LogP contribution < -0.4 is 10.2 Å². The van der Waals surface area contributed by atoms with Crippen molar-refractivity contribution in [3.63, 3.8) is 0 Å². The van der Waals surface area contributed by atoms with Gasteiger partial charge in [0.25, 0.3) is 0 Å². The molecular formula is C24H26F3N3O3. The maximum absolute atomic E-state index is 13.1. The van der Waals surface area contributed by atoms with E-state index in [2.05, 4.69) is 10.3 Å². The molecule has 2 heterocycles. The summed E-state index contributed by atoms with van der Waals surface area (Å²) in [6, 6.07) is 8.92. The van der Waals surface area contributed by atoms with Crippen LogP contribution in [0.25, 0.3) is 0 Å². The van der Waals surface area contributed by atoms with Gasteiger partial charge >= 0.3 is 12.1 Å². The average molecular weight is 461 g/mol. The number of pyridine rings is 1. The molecule has 1 aromatic heterocycles. The van der Waals surface area contributed by atoms with E-state index in [1.807, 2.05) is 24.3 Å². The van der Waals surface area contributed by atoms with Gasteiger partial charge in [-0.1, -0.05) is 31.2 Å². The second-order valence-corrected chi connectivity index (χ2v) is 8.66. The van der Waals surface area contributed by atoms with Crippen molar-refractivity contribution in [2.45, 2.75) is 56.8 Å². The van der Waals surface area contributed by atoms with Crippen LogP contribution in [0.4, 0.5) is 18.9 Å². The summed E-state index contributed by atoms with van der Waals surface area (Å²) < 4.78 is 44.9. The molecule has 2 aromatic rings. The molecule has 1 aliphatic carbocycles. The van der Waals surface area contributed by atoms with Crippen molar-refractivity contribution >= 4 is 17.6 Å². The third kappa shape index (κ3) is 5.64. The Morgan fingerprint density at radius 1 is 1.21 bits per heavy atom. The Hall–Kier alpha value is -3.10. The molecule has 2 fully saturated rings. The van der Waals surface area contributed by atoms with Gasteiger partial charge in [0.15, 0.2) is 0 Å². The number of nitrogens with one attached hydrogen (secondary N) is 1. The van der Waals surface area contributed by atoms with E-state index in [1.165, 1.54) is 24.6 Å². The number of rotatable bonds is 7. The Morgan fingerprint density at radius 3 is 2.58 bits per heavy atom. The molecule has 1 N–H and O–H groups in total. The lowest BCUT2D eigenvalue weighted by atomic mass is 10.1. The third-order valence-corrected chi connectivity index (χ3v) is 6.01. The molecule has 9 heteroatoms. The number of aromatic nitrogens is 1. The maximum Gasteiger partial charge on any atom is 0.417 e. The first-order valence-corrected chi connectivity index (χ1v) is 11.1. The molecular weight excluding hydrogens is 435 g/mol. The summed E-state index contributed by atoms with van der Waals surface area (Å²) in [6.07, 6.45) is 0.453. The van der Waals surface area contributed by atoms with E-state index in [-0.39, 0.29) is 37.4 Å². The predicted octanol–water partition coefficient (Wildman–Crippen LogP) is 4.20. The number of benzene rings is 1. The highest BCUT2D eigenvalue weighted by Gasteiger charge is 2.43. The predicted molar refractivity (Wildman–Crippen MR) is 115 cm³/mol. The fourth-order valence-electron chi connectivity index (χ4n) is 4.07. The number of carbonyl (C=O) groups excluding carboxylic acids is 2. The minimum Gasteiger partial charge on any atom is -0.437 e. The number of nitrogens with zero attached hydrogens (tertiary/aromatic N) is 2. The number of ether oxygens (including phenoxy) is 1. The number of halogens is 3. The summed E-state index contributed by atoms with van der Waals surface area (Å²) in [5.74, 6) is -0.186. The molecule has 1 amide bonds. The smallest absolute Gasteiger partial charge is 0.417 e. The zero-order valence-electron chi connectivity index (χ0n) is 18.3. The summed E-state index contributed by atoms with van der Waals surface area (Å²) in [7, 11) is 0. The Morgan fingerprint density at radius 2 is 1.94 bits per heavy atom. The first kappa shape index (κ1) is 23.1. The fraction of sp³-hybridized carbons (Fsp3) is 0.458. The van der Waals surface area contributed by atoms with Crippen molar-refractivity contribution in [2.75, 3.05) is 18.0 Å². The van der Waals surface area contributed by atoms with E-state index in [0.717, 1.165) is 17.8 Å². The Balaban J connectivity index is 1.47. The van der Waals surface area contributed by atoms with Crippen molar-refractivity contribution in [3.8, 4) is 0 Å². The lowest BCUT2D eigenvalue weighted by Gasteiger charge is -2.31. The van der Waals surface area contributed by atoms with Crippen LogP contribution in [-0.4, -0.2) is 35.7 Å². The lowest BCUT2D eigenvalue weighted by molar-refractivity contribution is -0.162. The molecule has 0 bridgehead atoms. The average Bonchev–Trinajstić information content (AvgIpc) is 3.55. The summed E-state index contributed by atoms with van der Waals surface area (Å²) >= 11 is 0. The van der Waals surface area contributed by atoms with E-state index in [4.69, 9.17) is 4.74 Å². The number of carbonyl (C=O) groups is 2. The van der Waals surface area contributed by atoms with E-state index < -0.39 is 23.4 Å². The molecule has 33 heavy (non-hydrogen) atoms. The molecule has 1 saturated carbocycles. The molecule has 0 radical (unpaired) electrons. The maximum atomic E-state index is 13.1. The first-order chi connectivity index (χ1) is 15.7. The Labute approximate surface area is 190 Å². The van der Waals surface area contributed by atoms with E-state index in [0.29, 0.717) is 12.5 Å². The monoisotopic (exact) mass is 461 g/mol. The fourth-order valence-corrected chi connectivity index (χ4v) is 4.07. The SMILES string of the molecule is CCC(=O)OC1(NC(=O)Cc2ccc(C3CC3)cc2)CCN(c2cncc(C(F)(F)F)c2)C1. The van der Waals surface area contributed by atoms with Crippen LogP contribution in [0, 0.1) is 0 Å². The van der Waals surface area contributed by atoms with Gasteiger partial charge in [-0.3, -0.25) is 14.6 Å². The summed E-state index contributed by atoms with van der Waals surface area (Å²) in [5, 5.41) is 2.83. The molecule has 4 rings (SSSR count). The highest BCUT2D eigenvalue weighted by molar-refractivity contribution is 5.80. The molecule has 0 spiro atoms. The van der Waals surface area contributed by atoms with Crippen molar-refractivity contribution in [3.05, 3.63) is 59.4 Å². The van der Waals surface area contributed by atoms with Crippen LogP contribution in [0.2, 0.25) is 0 Å². The van der Waals surface area contributed by atoms with Crippen LogP contribution in [-0.2, 0) is 26.9 Å². The lowest BCUT2D eigenvalue weighted by Crippen LogP contribution is -2.54. The number of alkyl halides is 3. The molecule has 1 atom stereocenters. The standard InChI is InChI=1S/C24H26F3N3O3/c1-2-22(32)33-23(29-21(31)11-16-3-5-17(6-4-16)18-7-8-18)9-10-30(15-23)20-12-19(13-28-14-20)24(25,26)27/h3-6,12-14,18H,2,7-11,15H2,1H3,(H,29,31). The van der Waals surface area contributed by atoms with E-state index >= 15 is 0 Å². The molecule has 176 valence electrons. The zero-order chi connectivity index (χ0) is 23.6. The minimum absolute atomic E-state index is 0.0358. The number of esters is 1. The Bertz CT molecular complexity index is 1020. The van der Waals surface area contributed by atoms with Crippen molar-refractivity contribution < 1.29 is 27.5 Å². The van der Waals surface area contributed by atoms with Crippen molar-refractivity contribution in [2.24, 2.45) is 0 Å². The number of amides is 1. The normalized spacial score (nSPS) is 20.5. The topological polar surface area (TPSA) is 71.5 Å². The van der Waals surface area contributed by atoms with Crippen LogP contribution in [0.3, 0.4) is 0 Å². The van der Waals surface area contributed by atoms with Gasteiger partial charge in [0.2, 0.25) is 11.6 Å². The molecule has 1 saturated heterocycles. The molecule has 1 aliphatic heterocycles. The second kappa shape index (κ2) is 9.03. The van der Waals surface area contributed by atoms with Crippen LogP contribution in [0.15, 0.2) is 42.7 Å². The molecule has 2 aliphatic rings. The van der Waals surface area contributed by atoms with Gasteiger partial charge in [0.1, 0.15) is 0 Å². The highest BCUT2D eigenvalue weighted by Crippen LogP contribution is 2.40. The second-order valence-electron chi connectivity index (χ2n) is 8.66. The van der Waals surface area contributed by atoms with Crippen LogP contribution >= 0.6 is 0 Å². The van der Waals surface area contributed by atoms with E-state index in [1.54, 1.807) is 11.8 Å². The number of hydrogen-bond donors (Lipinski definition) is 1. The molecule has 1 aromatic carbocycles. The van der Waals surface area contributed by atoms with Crippen LogP contribution in [0.1, 0.15) is 55.2 Å². The third-order valence-electron chi connectivity index (χ3n) is 6.01. The van der Waals surface area contributed by atoms with Gasteiger partial charge in [-0.25, -0.2) is 0 Å². The highest BCUT2D eigenvalue weighted by atomic mass is 19.4. The van der Waals surface area contributed by atoms with Crippen LogP contribution in [0.5, 0.6) is 0 Å².